The number of aliphatic hydroxyl groups is 1. The molecule has 7 heteroatoms. The highest BCUT2D eigenvalue weighted by Crippen LogP contribution is 2.44. The Kier molecular flexibility index (Phi) is 7.37. The van der Waals surface area contributed by atoms with Crippen LogP contribution in [-0.2, 0) is 19.8 Å². The lowest BCUT2D eigenvalue weighted by molar-refractivity contribution is -0.132. The molecule has 2 amide bonds. The molecular weight excluding hydrogens is 492 g/mol. The number of carbonyl (C=O) groups is 3. The fourth-order valence-electron chi connectivity index (χ4n) is 5.03. The van der Waals surface area contributed by atoms with Gasteiger partial charge >= 0.3 is 0 Å². The number of aryl methyl sites for hydroxylation is 2. The normalized spacial score (nSPS) is 16.9. The number of methoxy groups -OCH3 is 1. The van der Waals surface area contributed by atoms with Crippen LogP contribution in [0.3, 0.4) is 0 Å². The first kappa shape index (κ1) is 27.6. The molecule has 0 radical (unpaired) electrons. The number of nitrogens with zero attached hydrogens (tertiary/aromatic N) is 1. The van der Waals surface area contributed by atoms with Crippen molar-refractivity contribution in [1.29, 1.82) is 0 Å². The molecule has 1 aliphatic rings. The number of ether oxygens (including phenoxy) is 1. The fraction of sp³-hybridized carbons (Fsp3) is 0.281. The molecule has 0 aromatic heterocycles. The van der Waals surface area contributed by atoms with Crippen LogP contribution in [0.5, 0.6) is 5.75 Å². The molecule has 39 heavy (non-hydrogen) atoms. The summed E-state index contributed by atoms with van der Waals surface area (Å²) in [6, 6.07) is 17.2. The smallest absolute Gasteiger partial charge is 0.300 e. The SMILES string of the molecule is COc1c(C)cc(C)cc1/C(O)=C1\C(=O)C(=O)N(c2ccc(NC(C)=O)cc2)C1c1ccc(C(C)(C)C)cc1. The largest absolute Gasteiger partial charge is 0.507 e. The summed E-state index contributed by atoms with van der Waals surface area (Å²) in [7, 11) is 1.51. The Bertz CT molecular complexity index is 1480. The van der Waals surface area contributed by atoms with Crippen LogP contribution in [0.2, 0.25) is 0 Å². The molecule has 202 valence electrons. The Balaban J connectivity index is 1.95. The molecule has 1 unspecified atom stereocenters. The van der Waals surface area contributed by atoms with Crippen molar-refractivity contribution in [1.82, 2.24) is 0 Å². The Morgan fingerprint density at radius 2 is 1.59 bits per heavy atom. The summed E-state index contributed by atoms with van der Waals surface area (Å²) in [5, 5.41) is 14.4. The predicted octanol–water partition coefficient (Wildman–Crippen LogP) is 6.19. The first-order valence-electron chi connectivity index (χ1n) is 12.8. The molecule has 2 N–H and O–H groups in total. The van der Waals surface area contributed by atoms with Gasteiger partial charge in [0, 0.05) is 18.3 Å². The lowest BCUT2D eigenvalue weighted by atomic mass is 9.85. The highest BCUT2D eigenvalue weighted by molar-refractivity contribution is 6.51. The van der Waals surface area contributed by atoms with Crippen LogP contribution in [0.4, 0.5) is 11.4 Å². The Labute approximate surface area is 229 Å². The third-order valence-electron chi connectivity index (χ3n) is 6.88. The van der Waals surface area contributed by atoms with Crippen LogP contribution < -0.4 is 15.0 Å². The van der Waals surface area contributed by atoms with E-state index in [1.165, 1.54) is 18.9 Å². The molecule has 0 bridgehead atoms. The summed E-state index contributed by atoms with van der Waals surface area (Å²) in [6.07, 6.45) is 0. The van der Waals surface area contributed by atoms with E-state index in [-0.39, 0.29) is 22.7 Å². The summed E-state index contributed by atoms with van der Waals surface area (Å²) in [5.74, 6) is -1.61. The lowest BCUT2D eigenvalue weighted by Gasteiger charge is -2.27. The van der Waals surface area contributed by atoms with Gasteiger partial charge in [-0.15, -0.1) is 0 Å². The third-order valence-corrected chi connectivity index (χ3v) is 6.88. The molecule has 7 nitrogen and oxygen atoms in total. The summed E-state index contributed by atoms with van der Waals surface area (Å²) in [4.78, 5) is 40.0. The van der Waals surface area contributed by atoms with Gasteiger partial charge in [-0.3, -0.25) is 19.3 Å². The van der Waals surface area contributed by atoms with Crippen LogP contribution in [0.15, 0.2) is 66.2 Å². The van der Waals surface area contributed by atoms with E-state index in [1.54, 1.807) is 30.3 Å². The van der Waals surface area contributed by atoms with E-state index in [1.807, 2.05) is 44.2 Å². The Morgan fingerprint density at radius 3 is 2.13 bits per heavy atom. The molecule has 1 saturated heterocycles. The number of carbonyl (C=O) groups excluding carboxylic acids is 3. The van der Waals surface area contributed by atoms with Crippen LogP contribution in [-0.4, -0.2) is 29.8 Å². The van der Waals surface area contributed by atoms with Crippen molar-refractivity contribution in [2.45, 2.75) is 53.0 Å². The van der Waals surface area contributed by atoms with E-state index in [9.17, 15) is 19.5 Å². The van der Waals surface area contributed by atoms with Gasteiger partial charge in [0.1, 0.15) is 11.5 Å². The summed E-state index contributed by atoms with van der Waals surface area (Å²) in [6.45, 7) is 11.5. The second-order valence-electron chi connectivity index (χ2n) is 10.9. The maximum absolute atomic E-state index is 13.6. The highest BCUT2D eigenvalue weighted by Gasteiger charge is 2.47. The van der Waals surface area contributed by atoms with Crippen molar-refractivity contribution in [2.75, 3.05) is 17.3 Å². The lowest BCUT2D eigenvalue weighted by Crippen LogP contribution is -2.29. The number of amides is 2. The monoisotopic (exact) mass is 526 g/mol. The summed E-state index contributed by atoms with van der Waals surface area (Å²) >= 11 is 0. The van der Waals surface area contributed by atoms with Crippen molar-refractivity contribution < 1.29 is 24.2 Å². The van der Waals surface area contributed by atoms with E-state index in [2.05, 4.69) is 26.1 Å². The highest BCUT2D eigenvalue weighted by atomic mass is 16.5. The second kappa shape index (κ2) is 10.4. The average Bonchev–Trinajstić information content (AvgIpc) is 3.13. The van der Waals surface area contributed by atoms with E-state index in [0.717, 1.165) is 16.7 Å². The molecular formula is C32H34N2O5. The first-order chi connectivity index (χ1) is 18.3. The van der Waals surface area contributed by atoms with Crippen LogP contribution in [0, 0.1) is 13.8 Å². The molecule has 0 saturated carbocycles. The number of aliphatic hydroxyl groups excluding tert-OH is 1. The summed E-state index contributed by atoms with van der Waals surface area (Å²) < 4.78 is 5.59. The van der Waals surface area contributed by atoms with Crippen molar-refractivity contribution in [3.8, 4) is 5.75 Å². The topological polar surface area (TPSA) is 95.9 Å². The first-order valence-corrected chi connectivity index (χ1v) is 12.8. The fourth-order valence-corrected chi connectivity index (χ4v) is 5.03. The van der Waals surface area contributed by atoms with Crippen LogP contribution in [0.25, 0.3) is 5.76 Å². The number of nitrogens with one attached hydrogen (secondary N) is 1. The van der Waals surface area contributed by atoms with Gasteiger partial charge in [0.2, 0.25) is 5.91 Å². The van der Waals surface area contributed by atoms with Crippen molar-refractivity contribution >= 4 is 34.7 Å². The molecule has 1 heterocycles. The van der Waals surface area contributed by atoms with Crippen molar-refractivity contribution in [3.05, 3.63) is 94.1 Å². The number of rotatable bonds is 5. The molecule has 1 atom stereocenters. The zero-order valence-electron chi connectivity index (χ0n) is 23.4. The van der Waals surface area contributed by atoms with Gasteiger partial charge in [-0.1, -0.05) is 51.1 Å². The minimum absolute atomic E-state index is 0.0160. The molecule has 3 aromatic rings. The van der Waals surface area contributed by atoms with Gasteiger partial charge in [0.05, 0.1) is 24.3 Å². The quantitative estimate of drug-likeness (QED) is 0.235. The molecule has 4 rings (SSSR count). The number of anilines is 2. The van der Waals surface area contributed by atoms with E-state index >= 15 is 0 Å². The van der Waals surface area contributed by atoms with Crippen LogP contribution in [0.1, 0.15) is 61.6 Å². The zero-order chi connectivity index (χ0) is 28.6. The maximum Gasteiger partial charge on any atom is 0.300 e. The standard InChI is InChI=1S/C32H34N2O5/c1-18-16-19(2)30(39-7)25(17-18)28(36)26-27(21-8-10-22(11-9-21)32(4,5)6)34(31(38)29(26)37)24-14-12-23(13-15-24)33-20(3)35/h8-17,27,36H,1-7H3,(H,33,35)/b28-26+. The molecule has 1 aliphatic heterocycles. The van der Waals surface area contributed by atoms with Gasteiger partial charge in [-0.2, -0.15) is 0 Å². The number of hydrogen-bond acceptors (Lipinski definition) is 5. The second-order valence-corrected chi connectivity index (χ2v) is 10.9. The van der Waals surface area contributed by atoms with Crippen molar-refractivity contribution in [3.63, 3.8) is 0 Å². The van der Waals surface area contributed by atoms with Gasteiger partial charge in [-0.25, -0.2) is 0 Å². The van der Waals surface area contributed by atoms with E-state index < -0.39 is 17.7 Å². The van der Waals surface area contributed by atoms with E-state index in [4.69, 9.17) is 4.74 Å². The Hall–Kier alpha value is -4.39. The van der Waals surface area contributed by atoms with Crippen LogP contribution >= 0.6 is 0 Å². The number of Topliss-reactive ketones (excluding diaryl/α,β-unsaturated/α-hetero) is 1. The van der Waals surface area contributed by atoms with Gasteiger partial charge < -0.3 is 15.2 Å². The molecule has 0 spiro atoms. The molecule has 3 aromatic carbocycles. The number of benzene rings is 3. The number of hydrogen-bond donors (Lipinski definition) is 2. The predicted molar refractivity (Wildman–Crippen MR) is 153 cm³/mol. The van der Waals surface area contributed by atoms with Crippen molar-refractivity contribution in [2.24, 2.45) is 0 Å². The summed E-state index contributed by atoms with van der Waals surface area (Å²) in [5.41, 5.74) is 4.72. The van der Waals surface area contributed by atoms with Gasteiger partial charge in [0.15, 0.2) is 0 Å². The van der Waals surface area contributed by atoms with Gasteiger partial charge in [-0.05, 0) is 71.8 Å². The van der Waals surface area contributed by atoms with E-state index in [0.29, 0.717) is 28.3 Å². The zero-order valence-corrected chi connectivity index (χ0v) is 23.4. The average molecular weight is 527 g/mol. The molecule has 1 fully saturated rings. The number of ketones is 1. The third kappa shape index (κ3) is 5.30. The maximum atomic E-state index is 13.6. The van der Waals surface area contributed by atoms with Gasteiger partial charge in [0.25, 0.3) is 11.7 Å². The Morgan fingerprint density at radius 1 is 0.974 bits per heavy atom. The molecule has 0 aliphatic carbocycles. The minimum atomic E-state index is -0.879. The minimum Gasteiger partial charge on any atom is -0.507 e.